The Bertz CT molecular complexity index is 864. The number of nitrogens with zero attached hydrogens (tertiary/aromatic N) is 2. The Balaban J connectivity index is 1.79. The predicted octanol–water partition coefficient (Wildman–Crippen LogP) is 3.65. The fourth-order valence-electron chi connectivity index (χ4n) is 2.96. The topological polar surface area (TPSA) is 46.6 Å². The lowest BCUT2D eigenvalue weighted by atomic mass is 10.0. The number of hydrogen-bond donors (Lipinski definition) is 1. The van der Waals surface area contributed by atoms with Crippen LogP contribution in [0.15, 0.2) is 60.9 Å². The maximum absolute atomic E-state index is 14.2. The van der Waals surface area contributed by atoms with Crippen molar-refractivity contribution in [2.75, 3.05) is 27.7 Å². The van der Waals surface area contributed by atoms with E-state index in [-0.39, 0.29) is 5.69 Å². The fourth-order valence-corrected chi connectivity index (χ4v) is 2.96. The van der Waals surface area contributed by atoms with Gasteiger partial charge in [0.2, 0.25) is 0 Å². The van der Waals surface area contributed by atoms with Crippen LogP contribution in [0.1, 0.15) is 11.3 Å². The zero-order valence-corrected chi connectivity index (χ0v) is 16.0. The summed E-state index contributed by atoms with van der Waals surface area (Å²) in [6.07, 6.45) is 6.36. The molecule has 0 radical (unpaired) electrons. The number of allylic oxidation sites excluding steroid dienone is 2. The Hall–Kier alpha value is -2.93. The van der Waals surface area contributed by atoms with Gasteiger partial charge in [0.15, 0.2) is 6.23 Å². The molecule has 0 amide bonds. The van der Waals surface area contributed by atoms with E-state index in [0.717, 1.165) is 16.9 Å². The molecule has 1 aromatic carbocycles. The second-order valence-corrected chi connectivity index (χ2v) is 6.67. The van der Waals surface area contributed by atoms with Crippen LogP contribution in [0.2, 0.25) is 0 Å². The van der Waals surface area contributed by atoms with Crippen LogP contribution < -0.4 is 14.8 Å². The van der Waals surface area contributed by atoms with E-state index in [1.54, 1.807) is 27.4 Å². The quantitative estimate of drug-likeness (QED) is 0.786. The highest BCUT2D eigenvalue weighted by Crippen LogP contribution is 2.32. The number of ether oxygens (including phenoxy) is 2. The maximum atomic E-state index is 14.2. The SMILES string of the molecule is COc1ccccc1C1=CC=CNC1Oc1ccc(C(F)(F)CN(C)C)nc1. The number of halogens is 2. The van der Waals surface area contributed by atoms with E-state index in [2.05, 4.69) is 10.3 Å². The summed E-state index contributed by atoms with van der Waals surface area (Å²) >= 11 is 0. The molecule has 0 fully saturated rings. The first-order valence-corrected chi connectivity index (χ1v) is 8.82. The van der Waals surface area contributed by atoms with Crippen LogP contribution in [0.5, 0.6) is 11.5 Å². The van der Waals surface area contributed by atoms with Crippen LogP contribution in [0, 0.1) is 0 Å². The molecule has 0 bridgehead atoms. The molecule has 2 heterocycles. The first kappa shape index (κ1) is 19.8. The lowest BCUT2D eigenvalue weighted by molar-refractivity contribution is -0.0310. The van der Waals surface area contributed by atoms with Gasteiger partial charge in [0.05, 0.1) is 19.9 Å². The molecule has 1 unspecified atom stereocenters. The molecule has 2 aromatic rings. The van der Waals surface area contributed by atoms with Gasteiger partial charge < -0.3 is 19.7 Å². The molecule has 0 aliphatic carbocycles. The summed E-state index contributed by atoms with van der Waals surface area (Å²) in [5.41, 5.74) is 1.46. The Labute approximate surface area is 163 Å². The number of dihydropyridines is 1. The van der Waals surface area contributed by atoms with Crippen LogP contribution in [0.3, 0.4) is 0 Å². The molecule has 1 aliphatic rings. The third-order valence-corrected chi connectivity index (χ3v) is 4.20. The summed E-state index contributed by atoms with van der Waals surface area (Å²) in [4.78, 5) is 5.33. The summed E-state index contributed by atoms with van der Waals surface area (Å²) in [5.74, 6) is -1.93. The van der Waals surface area contributed by atoms with E-state index in [1.165, 1.54) is 23.2 Å². The zero-order valence-electron chi connectivity index (χ0n) is 16.0. The third kappa shape index (κ3) is 4.48. The Morgan fingerprint density at radius 1 is 1.18 bits per heavy atom. The third-order valence-electron chi connectivity index (χ3n) is 4.20. The van der Waals surface area contributed by atoms with Crippen molar-refractivity contribution in [3.8, 4) is 11.5 Å². The van der Waals surface area contributed by atoms with Crippen molar-refractivity contribution >= 4 is 5.57 Å². The minimum Gasteiger partial charge on any atom is -0.496 e. The highest BCUT2D eigenvalue weighted by atomic mass is 19.3. The van der Waals surface area contributed by atoms with Gasteiger partial charge in [0.25, 0.3) is 0 Å². The first-order valence-electron chi connectivity index (χ1n) is 8.82. The second-order valence-electron chi connectivity index (χ2n) is 6.67. The molecular weight excluding hydrogens is 364 g/mol. The van der Waals surface area contributed by atoms with Crippen LogP contribution >= 0.6 is 0 Å². The number of aromatic nitrogens is 1. The Morgan fingerprint density at radius 3 is 2.64 bits per heavy atom. The largest absolute Gasteiger partial charge is 0.496 e. The molecule has 1 aromatic heterocycles. The van der Waals surface area contributed by atoms with Crippen molar-refractivity contribution in [1.82, 2.24) is 15.2 Å². The summed E-state index contributed by atoms with van der Waals surface area (Å²) in [6, 6.07) is 10.4. The molecule has 1 N–H and O–H groups in total. The van der Waals surface area contributed by atoms with Crippen LogP contribution in [-0.2, 0) is 5.92 Å². The van der Waals surface area contributed by atoms with Gasteiger partial charge in [0, 0.05) is 11.1 Å². The highest BCUT2D eigenvalue weighted by Gasteiger charge is 2.34. The molecule has 0 saturated carbocycles. The minimum atomic E-state index is -3.03. The summed E-state index contributed by atoms with van der Waals surface area (Å²) in [5, 5.41) is 3.13. The Kier molecular flexibility index (Phi) is 5.94. The molecule has 1 aliphatic heterocycles. The van der Waals surface area contributed by atoms with Crippen LogP contribution in [-0.4, -0.2) is 43.9 Å². The van der Waals surface area contributed by atoms with E-state index in [9.17, 15) is 8.78 Å². The molecule has 1 atom stereocenters. The molecule has 148 valence electrons. The standard InChI is InChI=1S/C21H23F2N3O2/c1-26(2)14-21(22,23)19-11-10-15(13-25-19)28-20-17(8-6-12-24-20)16-7-4-5-9-18(16)27-3/h4-13,20,24H,14H2,1-3H3. The molecule has 3 rings (SSSR count). The van der Waals surface area contributed by atoms with Crippen LogP contribution in [0.4, 0.5) is 8.78 Å². The average Bonchev–Trinajstić information content (AvgIpc) is 2.68. The number of likely N-dealkylation sites (N-methyl/N-ethyl adjacent to an activating group) is 1. The summed E-state index contributed by atoms with van der Waals surface area (Å²) < 4.78 is 39.7. The lowest BCUT2D eigenvalue weighted by Gasteiger charge is -2.26. The van der Waals surface area contributed by atoms with Crippen molar-refractivity contribution in [1.29, 1.82) is 0 Å². The van der Waals surface area contributed by atoms with E-state index in [0.29, 0.717) is 5.75 Å². The van der Waals surface area contributed by atoms with Gasteiger partial charge in [-0.25, -0.2) is 0 Å². The van der Waals surface area contributed by atoms with Gasteiger partial charge in [0.1, 0.15) is 17.2 Å². The molecular formula is C21H23F2N3O2. The monoisotopic (exact) mass is 387 g/mol. The number of nitrogens with one attached hydrogen (secondary N) is 1. The molecule has 5 nitrogen and oxygen atoms in total. The first-order chi connectivity index (χ1) is 13.4. The second kappa shape index (κ2) is 8.39. The number of methoxy groups -OCH3 is 1. The van der Waals surface area contributed by atoms with Crippen molar-refractivity contribution in [3.05, 3.63) is 72.2 Å². The predicted molar refractivity (Wildman–Crippen MR) is 104 cm³/mol. The van der Waals surface area contributed by atoms with Crippen molar-refractivity contribution in [2.45, 2.75) is 12.2 Å². The van der Waals surface area contributed by atoms with E-state index < -0.39 is 18.7 Å². The fraction of sp³-hybridized carbons (Fsp3) is 0.286. The number of alkyl halides is 2. The average molecular weight is 387 g/mol. The van der Waals surface area contributed by atoms with Gasteiger partial charge in [-0.1, -0.05) is 24.3 Å². The maximum Gasteiger partial charge on any atom is 0.302 e. The Morgan fingerprint density at radius 2 is 1.96 bits per heavy atom. The van der Waals surface area contributed by atoms with Crippen LogP contribution in [0.25, 0.3) is 5.57 Å². The molecule has 0 spiro atoms. The number of benzene rings is 1. The lowest BCUT2D eigenvalue weighted by Crippen LogP contribution is -2.34. The summed E-state index contributed by atoms with van der Waals surface area (Å²) in [6.45, 7) is -0.407. The zero-order chi connectivity index (χ0) is 20.1. The summed E-state index contributed by atoms with van der Waals surface area (Å²) in [7, 11) is 4.80. The normalized spacial score (nSPS) is 16.5. The van der Waals surface area contributed by atoms with Gasteiger partial charge >= 0.3 is 5.92 Å². The number of hydrogen-bond acceptors (Lipinski definition) is 5. The molecule has 28 heavy (non-hydrogen) atoms. The van der Waals surface area contributed by atoms with Crippen molar-refractivity contribution in [3.63, 3.8) is 0 Å². The number of para-hydroxylation sites is 1. The number of pyridine rings is 1. The van der Waals surface area contributed by atoms with Gasteiger partial charge in [-0.2, -0.15) is 8.78 Å². The van der Waals surface area contributed by atoms with E-state index >= 15 is 0 Å². The highest BCUT2D eigenvalue weighted by molar-refractivity contribution is 5.75. The molecule has 0 saturated heterocycles. The van der Waals surface area contributed by atoms with Gasteiger partial charge in [-0.05, 0) is 44.6 Å². The van der Waals surface area contributed by atoms with Crippen molar-refractivity contribution < 1.29 is 18.3 Å². The van der Waals surface area contributed by atoms with E-state index in [4.69, 9.17) is 9.47 Å². The smallest absolute Gasteiger partial charge is 0.302 e. The molecule has 7 heteroatoms. The van der Waals surface area contributed by atoms with Gasteiger partial charge in [-0.3, -0.25) is 4.98 Å². The van der Waals surface area contributed by atoms with Gasteiger partial charge in [-0.15, -0.1) is 0 Å². The minimum absolute atomic E-state index is 0.287. The number of rotatable bonds is 7. The van der Waals surface area contributed by atoms with Crippen molar-refractivity contribution in [2.24, 2.45) is 0 Å². The van der Waals surface area contributed by atoms with E-state index in [1.807, 2.05) is 36.4 Å².